The molecule has 17 heavy (non-hydrogen) atoms. The fourth-order valence-electron chi connectivity index (χ4n) is 2.22. The van der Waals surface area contributed by atoms with Gasteiger partial charge in [0.1, 0.15) is 0 Å². The van der Waals surface area contributed by atoms with E-state index in [-0.39, 0.29) is 11.9 Å². The molecule has 2 atom stereocenters. The first-order chi connectivity index (χ1) is 8.25. The highest BCUT2D eigenvalue weighted by atomic mass is 16.1. The molecular weight excluding hydrogens is 212 g/mol. The molecule has 1 aliphatic rings. The maximum Gasteiger partial charge on any atom is 0.224 e. The van der Waals surface area contributed by atoms with E-state index in [1.165, 1.54) is 0 Å². The number of carbonyl (C=O) groups excluding carboxylic acids is 1. The van der Waals surface area contributed by atoms with Gasteiger partial charge in [0.2, 0.25) is 5.91 Å². The monoisotopic (exact) mass is 232 g/mol. The van der Waals surface area contributed by atoms with Crippen molar-refractivity contribution < 1.29 is 4.79 Å². The van der Waals surface area contributed by atoms with Crippen molar-refractivity contribution >= 4 is 5.91 Å². The van der Waals surface area contributed by atoms with E-state index in [0.717, 1.165) is 25.1 Å². The highest BCUT2D eigenvalue weighted by molar-refractivity contribution is 5.78. The summed E-state index contributed by atoms with van der Waals surface area (Å²) in [4.78, 5) is 11.9. The Hall–Kier alpha value is -1.35. The van der Waals surface area contributed by atoms with Gasteiger partial charge in [-0.2, -0.15) is 0 Å². The molecule has 0 saturated carbocycles. The summed E-state index contributed by atoms with van der Waals surface area (Å²) in [5, 5.41) is 6.44. The summed E-state index contributed by atoms with van der Waals surface area (Å²) in [6, 6.07) is 10.2. The van der Waals surface area contributed by atoms with Crippen molar-refractivity contribution in [2.75, 3.05) is 13.1 Å². The van der Waals surface area contributed by atoms with E-state index in [1.807, 2.05) is 30.3 Å². The number of hydrogen-bond donors (Lipinski definition) is 2. The summed E-state index contributed by atoms with van der Waals surface area (Å²) in [7, 11) is 0. The van der Waals surface area contributed by atoms with Crippen LogP contribution in [0.1, 0.15) is 18.9 Å². The SMILES string of the molecule is CC1CCNCC1NC(=O)Cc1ccccc1. The number of rotatable bonds is 3. The van der Waals surface area contributed by atoms with Gasteiger partial charge >= 0.3 is 0 Å². The molecule has 1 aromatic rings. The van der Waals surface area contributed by atoms with E-state index in [9.17, 15) is 4.79 Å². The molecule has 2 rings (SSSR count). The van der Waals surface area contributed by atoms with Crippen LogP contribution in [0.25, 0.3) is 0 Å². The van der Waals surface area contributed by atoms with Crippen molar-refractivity contribution in [3.8, 4) is 0 Å². The third-order valence-electron chi connectivity index (χ3n) is 3.38. The average Bonchev–Trinajstić information content (AvgIpc) is 2.33. The van der Waals surface area contributed by atoms with Gasteiger partial charge in [0.25, 0.3) is 0 Å². The van der Waals surface area contributed by atoms with E-state index in [1.54, 1.807) is 0 Å². The number of hydrogen-bond acceptors (Lipinski definition) is 2. The molecular formula is C14H20N2O. The van der Waals surface area contributed by atoms with Crippen LogP contribution in [-0.4, -0.2) is 25.0 Å². The standard InChI is InChI=1S/C14H20N2O/c1-11-7-8-15-10-13(11)16-14(17)9-12-5-3-2-4-6-12/h2-6,11,13,15H,7-10H2,1H3,(H,16,17). The summed E-state index contributed by atoms with van der Waals surface area (Å²) >= 11 is 0. The predicted molar refractivity (Wildman–Crippen MR) is 68.7 cm³/mol. The molecule has 1 amide bonds. The van der Waals surface area contributed by atoms with E-state index < -0.39 is 0 Å². The Balaban J connectivity index is 1.84. The van der Waals surface area contributed by atoms with Crippen molar-refractivity contribution in [2.45, 2.75) is 25.8 Å². The van der Waals surface area contributed by atoms with E-state index >= 15 is 0 Å². The minimum atomic E-state index is 0.122. The lowest BCUT2D eigenvalue weighted by Gasteiger charge is -2.30. The zero-order valence-electron chi connectivity index (χ0n) is 10.3. The van der Waals surface area contributed by atoms with Crippen LogP contribution >= 0.6 is 0 Å². The molecule has 0 aromatic heterocycles. The van der Waals surface area contributed by atoms with Crippen molar-refractivity contribution in [3.63, 3.8) is 0 Å². The molecule has 1 heterocycles. The van der Waals surface area contributed by atoms with Gasteiger partial charge in [-0.25, -0.2) is 0 Å². The Morgan fingerprint density at radius 2 is 2.18 bits per heavy atom. The Kier molecular flexibility index (Phi) is 4.15. The molecule has 0 aliphatic carbocycles. The number of nitrogens with one attached hydrogen (secondary N) is 2. The Morgan fingerprint density at radius 1 is 1.41 bits per heavy atom. The summed E-state index contributed by atoms with van der Waals surface area (Å²) in [5.41, 5.74) is 1.07. The molecule has 2 unspecified atom stereocenters. The summed E-state index contributed by atoms with van der Waals surface area (Å²) in [5.74, 6) is 0.688. The number of benzene rings is 1. The van der Waals surface area contributed by atoms with Gasteiger partial charge in [0.05, 0.1) is 6.42 Å². The van der Waals surface area contributed by atoms with Crippen molar-refractivity contribution in [1.29, 1.82) is 0 Å². The maximum atomic E-state index is 11.9. The van der Waals surface area contributed by atoms with Crippen LogP contribution < -0.4 is 10.6 Å². The molecule has 0 radical (unpaired) electrons. The molecule has 92 valence electrons. The van der Waals surface area contributed by atoms with Gasteiger partial charge in [-0.15, -0.1) is 0 Å². The maximum absolute atomic E-state index is 11.9. The van der Waals surface area contributed by atoms with Gasteiger partial charge in [0, 0.05) is 12.6 Å². The smallest absolute Gasteiger partial charge is 0.224 e. The molecule has 1 saturated heterocycles. The van der Waals surface area contributed by atoms with Crippen LogP contribution in [0, 0.1) is 5.92 Å². The van der Waals surface area contributed by atoms with Gasteiger partial charge in [-0.1, -0.05) is 37.3 Å². The molecule has 1 fully saturated rings. The predicted octanol–water partition coefficient (Wildman–Crippen LogP) is 1.34. The number of amides is 1. The van der Waals surface area contributed by atoms with Crippen molar-refractivity contribution in [2.24, 2.45) is 5.92 Å². The van der Waals surface area contributed by atoms with Crippen LogP contribution in [-0.2, 0) is 11.2 Å². The normalized spacial score (nSPS) is 24.3. The molecule has 3 heteroatoms. The lowest BCUT2D eigenvalue weighted by Crippen LogP contribution is -2.50. The van der Waals surface area contributed by atoms with Gasteiger partial charge in [-0.05, 0) is 24.4 Å². The van der Waals surface area contributed by atoms with Gasteiger partial charge in [0.15, 0.2) is 0 Å². The Morgan fingerprint density at radius 3 is 2.88 bits per heavy atom. The quantitative estimate of drug-likeness (QED) is 0.826. The molecule has 1 aliphatic heterocycles. The Labute approximate surface area is 103 Å². The van der Waals surface area contributed by atoms with Gasteiger partial charge in [-0.3, -0.25) is 4.79 Å². The van der Waals surface area contributed by atoms with Crippen molar-refractivity contribution in [3.05, 3.63) is 35.9 Å². The van der Waals surface area contributed by atoms with Crippen LogP contribution in [0.5, 0.6) is 0 Å². The van der Waals surface area contributed by atoms with Crippen LogP contribution in [0.15, 0.2) is 30.3 Å². The van der Waals surface area contributed by atoms with E-state index in [0.29, 0.717) is 12.3 Å². The lowest BCUT2D eigenvalue weighted by atomic mass is 9.94. The average molecular weight is 232 g/mol. The third kappa shape index (κ3) is 3.56. The lowest BCUT2D eigenvalue weighted by molar-refractivity contribution is -0.121. The van der Waals surface area contributed by atoms with Crippen LogP contribution in [0.2, 0.25) is 0 Å². The fraction of sp³-hybridized carbons (Fsp3) is 0.500. The zero-order valence-corrected chi connectivity index (χ0v) is 10.3. The zero-order chi connectivity index (χ0) is 12.1. The van der Waals surface area contributed by atoms with Crippen LogP contribution in [0.4, 0.5) is 0 Å². The molecule has 2 N–H and O–H groups in total. The highest BCUT2D eigenvalue weighted by Crippen LogP contribution is 2.11. The fourth-order valence-corrected chi connectivity index (χ4v) is 2.22. The van der Waals surface area contributed by atoms with E-state index in [4.69, 9.17) is 0 Å². The summed E-state index contributed by atoms with van der Waals surface area (Å²) < 4.78 is 0. The largest absolute Gasteiger partial charge is 0.352 e. The topological polar surface area (TPSA) is 41.1 Å². The molecule has 0 bridgehead atoms. The second-order valence-corrected chi connectivity index (χ2v) is 4.81. The molecule has 1 aromatic carbocycles. The molecule has 3 nitrogen and oxygen atoms in total. The second-order valence-electron chi connectivity index (χ2n) is 4.81. The van der Waals surface area contributed by atoms with Crippen LogP contribution in [0.3, 0.4) is 0 Å². The van der Waals surface area contributed by atoms with Crippen molar-refractivity contribution in [1.82, 2.24) is 10.6 Å². The second kappa shape index (κ2) is 5.82. The Bertz CT molecular complexity index is 364. The van der Waals surface area contributed by atoms with Gasteiger partial charge < -0.3 is 10.6 Å². The third-order valence-corrected chi connectivity index (χ3v) is 3.38. The van der Waals surface area contributed by atoms with E-state index in [2.05, 4.69) is 17.6 Å². The minimum Gasteiger partial charge on any atom is -0.352 e. The minimum absolute atomic E-state index is 0.122. The first-order valence-electron chi connectivity index (χ1n) is 6.29. The number of piperidine rings is 1. The number of carbonyl (C=O) groups is 1. The first-order valence-corrected chi connectivity index (χ1v) is 6.29. The first kappa shape index (κ1) is 12.1. The molecule has 0 spiro atoms. The summed E-state index contributed by atoms with van der Waals surface area (Å²) in [6.45, 7) is 4.15. The summed E-state index contributed by atoms with van der Waals surface area (Å²) in [6.07, 6.45) is 1.61. The highest BCUT2D eigenvalue weighted by Gasteiger charge is 2.22.